The van der Waals surface area contributed by atoms with Gasteiger partial charge < -0.3 is 10.4 Å². The van der Waals surface area contributed by atoms with Crippen molar-refractivity contribution in [2.24, 2.45) is 0 Å². The van der Waals surface area contributed by atoms with Crippen LogP contribution in [-0.4, -0.2) is 27.3 Å². The lowest BCUT2D eigenvalue weighted by atomic mass is 10.1. The second-order valence-corrected chi connectivity index (χ2v) is 5.39. The summed E-state index contributed by atoms with van der Waals surface area (Å²) in [6.45, 7) is 5.47. The fourth-order valence-electron chi connectivity index (χ4n) is 2.36. The molecule has 0 aliphatic heterocycles. The van der Waals surface area contributed by atoms with E-state index in [2.05, 4.69) is 17.3 Å². The Morgan fingerprint density at radius 3 is 2.73 bits per heavy atom. The summed E-state index contributed by atoms with van der Waals surface area (Å²) in [5.74, 6) is 0.210. The van der Waals surface area contributed by atoms with Crippen molar-refractivity contribution in [1.82, 2.24) is 15.1 Å². The van der Waals surface area contributed by atoms with Gasteiger partial charge in [0.25, 0.3) is 5.91 Å². The SMILES string of the molecule is CCCn1ncc(C(=O)NCCCc2ccc(O)cc2)c1C. The monoisotopic (exact) mass is 301 g/mol. The molecule has 1 amide bonds. The van der Waals surface area contributed by atoms with E-state index in [4.69, 9.17) is 0 Å². The van der Waals surface area contributed by atoms with E-state index < -0.39 is 0 Å². The third kappa shape index (κ3) is 4.10. The Morgan fingerprint density at radius 1 is 1.32 bits per heavy atom. The molecule has 1 aromatic carbocycles. The largest absolute Gasteiger partial charge is 0.508 e. The van der Waals surface area contributed by atoms with Crippen LogP contribution in [0.25, 0.3) is 0 Å². The first-order valence-electron chi connectivity index (χ1n) is 7.70. The molecular formula is C17H23N3O2. The maximum atomic E-state index is 12.1. The number of benzene rings is 1. The normalized spacial score (nSPS) is 10.6. The van der Waals surface area contributed by atoms with Crippen molar-refractivity contribution in [2.45, 2.75) is 39.7 Å². The molecule has 0 radical (unpaired) electrons. The lowest BCUT2D eigenvalue weighted by Crippen LogP contribution is -2.25. The lowest BCUT2D eigenvalue weighted by molar-refractivity contribution is 0.0952. The molecule has 22 heavy (non-hydrogen) atoms. The van der Waals surface area contributed by atoms with Gasteiger partial charge in [-0.05, 0) is 43.9 Å². The topological polar surface area (TPSA) is 67.2 Å². The number of amides is 1. The molecule has 0 atom stereocenters. The molecule has 0 bridgehead atoms. The minimum absolute atomic E-state index is 0.0643. The molecule has 118 valence electrons. The number of aromatic hydroxyl groups is 1. The highest BCUT2D eigenvalue weighted by Gasteiger charge is 2.13. The van der Waals surface area contributed by atoms with Crippen LogP contribution in [0.3, 0.4) is 0 Å². The predicted octanol–water partition coefficient (Wildman–Crippen LogP) is 2.67. The smallest absolute Gasteiger partial charge is 0.254 e. The first-order chi connectivity index (χ1) is 10.6. The average molecular weight is 301 g/mol. The van der Waals surface area contributed by atoms with Gasteiger partial charge in [0.2, 0.25) is 0 Å². The number of rotatable bonds is 7. The van der Waals surface area contributed by atoms with Crippen LogP contribution in [-0.2, 0) is 13.0 Å². The number of nitrogens with one attached hydrogen (secondary N) is 1. The fourth-order valence-corrected chi connectivity index (χ4v) is 2.36. The van der Waals surface area contributed by atoms with Crippen molar-refractivity contribution in [1.29, 1.82) is 0 Å². The molecule has 0 aliphatic carbocycles. The Morgan fingerprint density at radius 2 is 2.05 bits per heavy atom. The van der Waals surface area contributed by atoms with E-state index in [1.807, 2.05) is 23.7 Å². The first-order valence-corrected chi connectivity index (χ1v) is 7.70. The van der Waals surface area contributed by atoms with E-state index in [9.17, 15) is 9.90 Å². The van der Waals surface area contributed by atoms with Gasteiger partial charge in [0.15, 0.2) is 0 Å². The van der Waals surface area contributed by atoms with Gasteiger partial charge in [-0.2, -0.15) is 5.10 Å². The number of phenolic OH excluding ortho intramolecular Hbond substituents is 1. The Balaban J connectivity index is 1.79. The summed E-state index contributed by atoms with van der Waals surface area (Å²) >= 11 is 0. The number of phenols is 1. The third-order valence-electron chi connectivity index (χ3n) is 3.65. The molecule has 0 unspecified atom stereocenters. The van der Waals surface area contributed by atoms with Crippen LogP contribution in [0.2, 0.25) is 0 Å². The molecule has 5 nitrogen and oxygen atoms in total. The molecule has 2 aromatic rings. The summed E-state index contributed by atoms with van der Waals surface area (Å²) < 4.78 is 1.87. The van der Waals surface area contributed by atoms with Gasteiger partial charge in [-0.3, -0.25) is 9.48 Å². The molecule has 2 rings (SSSR count). The molecule has 0 saturated heterocycles. The molecule has 5 heteroatoms. The molecule has 0 spiro atoms. The number of carbonyl (C=O) groups excluding carboxylic acids is 1. The number of aromatic nitrogens is 2. The van der Waals surface area contributed by atoms with Crippen molar-refractivity contribution in [2.75, 3.05) is 6.54 Å². The average Bonchev–Trinajstić information content (AvgIpc) is 2.87. The Hall–Kier alpha value is -2.30. The minimum atomic E-state index is -0.0643. The van der Waals surface area contributed by atoms with Gasteiger partial charge in [-0.1, -0.05) is 19.1 Å². The van der Waals surface area contributed by atoms with Crippen molar-refractivity contribution in [3.05, 3.63) is 47.3 Å². The molecule has 1 heterocycles. The van der Waals surface area contributed by atoms with E-state index in [0.29, 0.717) is 12.1 Å². The van der Waals surface area contributed by atoms with Crippen molar-refractivity contribution < 1.29 is 9.90 Å². The second-order valence-electron chi connectivity index (χ2n) is 5.39. The maximum absolute atomic E-state index is 12.1. The highest BCUT2D eigenvalue weighted by molar-refractivity contribution is 5.94. The summed E-state index contributed by atoms with van der Waals surface area (Å²) in [5.41, 5.74) is 2.72. The number of carbonyl (C=O) groups is 1. The molecular weight excluding hydrogens is 278 g/mol. The van der Waals surface area contributed by atoms with Crippen LogP contribution in [0, 0.1) is 6.92 Å². The van der Waals surface area contributed by atoms with Crippen molar-refractivity contribution in [3.63, 3.8) is 0 Å². The number of hydrogen-bond donors (Lipinski definition) is 2. The van der Waals surface area contributed by atoms with Gasteiger partial charge >= 0.3 is 0 Å². The molecule has 0 fully saturated rings. The van der Waals surface area contributed by atoms with Crippen LogP contribution in [0.1, 0.15) is 41.4 Å². The zero-order valence-electron chi connectivity index (χ0n) is 13.2. The predicted molar refractivity (Wildman–Crippen MR) is 86.0 cm³/mol. The van der Waals surface area contributed by atoms with Gasteiger partial charge in [0.05, 0.1) is 11.8 Å². The number of aryl methyl sites for hydroxylation is 2. The zero-order chi connectivity index (χ0) is 15.9. The van der Waals surface area contributed by atoms with E-state index in [1.54, 1.807) is 18.3 Å². The number of nitrogens with zero attached hydrogens (tertiary/aromatic N) is 2. The Bertz CT molecular complexity index is 617. The third-order valence-corrected chi connectivity index (χ3v) is 3.65. The summed E-state index contributed by atoms with van der Waals surface area (Å²) in [6, 6.07) is 7.16. The summed E-state index contributed by atoms with van der Waals surface area (Å²) in [4.78, 5) is 12.1. The molecule has 0 aliphatic rings. The Kier molecular flexibility index (Phi) is 5.58. The van der Waals surface area contributed by atoms with Gasteiger partial charge in [0.1, 0.15) is 5.75 Å². The van der Waals surface area contributed by atoms with Crippen LogP contribution >= 0.6 is 0 Å². The fraction of sp³-hybridized carbons (Fsp3) is 0.412. The lowest BCUT2D eigenvalue weighted by Gasteiger charge is -2.06. The van der Waals surface area contributed by atoms with Crippen LogP contribution in [0.15, 0.2) is 30.5 Å². The summed E-state index contributed by atoms with van der Waals surface area (Å²) in [6.07, 6.45) is 4.36. The minimum Gasteiger partial charge on any atom is -0.508 e. The maximum Gasteiger partial charge on any atom is 0.254 e. The highest BCUT2D eigenvalue weighted by Crippen LogP contribution is 2.11. The van der Waals surface area contributed by atoms with E-state index >= 15 is 0 Å². The standard InChI is InChI=1S/C17H23N3O2/c1-3-11-20-13(2)16(12-19-20)17(22)18-10-4-5-14-6-8-15(21)9-7-14/h6-9,12,21H,3-5,10-11H2,1-2H3,(H,18,22). The quantitative estimate of drug-likeness (QED) is 0.773. The number of hydrogen-bond acceptors (Lipinski definition) is 3. The van der Waals surface area contributed by atoms with Crippen LogP contribution in [0.4, 0.5) is 0 Å². The summed E-state index contributed by atoms with van der Waals surface area (Å²) in [7, 11) is 0. The Labute approximate surface area is 131 Å². The second kappa shape index (κ2) is 7.64. The van der Waals surface area contributed by atoms with Crippen molar-refractivity contribution >= 4 is 5.91 Å². The van der Waals surface area contributed by atoms with E-state index in [1.165, 1.54) is 0 Å². The van der Waals surface area contributed by atoms with E-state index in [-0.39, 0.29) is 11.7 Å². The molecule has 0 saturated carbocycles. The van der Waals surface area contributed by atoms with E-state index in [0.717, 1.165) is 37.1 Å². The van der Waals surface area contributed by atoms with Gasteiger partial charge in [-0.25, -0.2) is 0 Å². The first kappa shape index (κ1) is 16.1. The zero-order valence-corrected chi connectivity index (χ0v) is 13.2. The van der Waals surface area contributed by atoms with Crippen LogP contribution < -0.4 is 5.32 Å². The van der Waals surface area contributed by atoms with Gasteiger partial charge in [0, 0.05) is 18.8 Å². The van der Waals surface area contributed by atoms with Gasteiger partial charge in [-0.15, -0.1) is 0 Å². The summed E-state index contributed by atoms with van der Waals surface area (Å²) in [5, 5.41) is 16.4. The van der Waals surface area contributed by atoms with Crippen molar-refractivity contribution in [3.8, 4) is 5.75 Å². The van der Waals surface area contributed by atoms with Crippen LogP contribution in [0.5, 0.6) is 5.75 Å². The molecule has 1 aromatic heterocycles. The molecule has 2 N–H and O–H groups in total. The highest BCUT2D eigenvalue weighted by atomic mass is 16.3.